The fraction of sp³-hybridized carbons (Fsp3) is 0.875. The number of likely N-dealkylation sites (tertiary alicyclic amines) is 1. The highest BCUT2D eigenvalue weighted by Gasteiger charge is 2.37. The number of rotatable bonds is 2. The van der Waals surface area contributed by atoms with Crippen LogP contribution in [0.4, 0.5) is 4.79 Å². The first-order chi connectivity index (χ1) is 10.3. The maximum Gasteiger partial charge on any atom is 0.410 e. The number of amides is 2. The molecule has 0 aliphatic carbocycles. The van der Waals surface area contributed by atoms with Crippen LogP contribution in [0.1, 0.15) is 47.0 Å². The van der Waals surface area contributed by atoms with Crippen LogP contribution in [0.15, 0.2) is 0 Å². The molecule has 2 rings (SSSR count). The number of hydrogen-bond acceptors (Lipinski definition) is 4. The van der Waals surface area contributed by atoms with E-state index in [1.165, 1.54) is 0 Å². The average molecular weight is 311 g/mol. The van der Waals surface area contributed by atoms with Gasteiger partial charge in [0.2, 0.25) is 5.91 Å². The zero-order valence-corrected chi connectivity index (χ0v) is 14.1. The highest BCUT2D eigenvalue weighted by atomic mass is 16.6. The van der Waals surface area contributed by atoms with Crippen molar-refractivity contribution >= 4 is 12.0 Å². The number of piperidine rings is 1. The minimum Gasteiger partial charge on any atom is -0.444 e. The summed E-state index contributed by atoms with van der Waals surface area (Å²) in [4.78, 5) is 26.4. The molecule has 2 aliphatic heterocycles. The van der Waals surface area contributed by atoms with Crippen molar-refractivity contribution < 1.29 is 14.3 Å². The van der Waals surface area contributed by atoms with Gasteiger partial charge >= 0.3 is 6.09 Å². The Morgan fingerprint density at radius 2 is 2.00 bits per heavy atom. The van der Waals surface area contributed by atoms with Crippen molar-refractivity contribution in [3.63, 3.8) is 0 Å². The second-order valence-electron chi connectivity index (χ2n) is 7.42. The maximum absolute atomic E-state index is 12.6. The third-order valence-electron chi connectivity index (χ3n) is 4.30. The van der Waals surface area contributed by atoms with Crippen molar-refractivity contribution in [2.75, 3.05) is 19.6 Å². The smallest absolute Gasteiger partial charge is 0.410 e. The van der Waals surface area contributed by atoms with Crippen molar-refractivity contribution in [1.29, 1.82) is 0 Å². The van der Waals surface area contributed by atoms with Crippen LogP contribution in [0.3, 0.4) is 0 Å². The van der Waals surface area contributed by atoms with Crippen LogP contribution in [-0.4, -0.2) is 54.2 Å². The molecule has 0 saturated carbocycles. The maximum atomic E-state index is 12.6. The van der Waals surface area contributed by atoms with Crippen molar-refractivity contribution in [2.45, 2.75) is 64.6 Å². The van der Waals surface area contributed by atoms with Gasteiger partial charge in [0.05, 0.1) is 0 Å². The molecule has 0 aromatic rings. The number of ether oxygens (including phenoxy) is 1. The van der Waals surface area contributed by atoms with Gasteiger partial charge in [-0.15, -0.1) is 0 Å². The van der Waals surface area contributed by atoms with Gasteiger partial charge in [-0.1, -0.05) is 6.92 Å². The summed E-state index contributed by atoms with van der Waals surface area (Å²) >= 11 is 0. The number of carbonyl (C=O) groups excluding carboxylic acids is 2. The van der Waals surface area contributed by atoms with E-state index in [1.54, 1.807) is 4.90 Å². The van der Waals surface area contributed by atoms with Crippen LogP contribution < -0.4 is 10.6 Å². The van der Waals surface area contributed by atoms with E-state index in [-0.39, 0.29) is 18.0 Å². The molecule has 2 saturated heterocycles. The Morgan fingerprint density at radius 3 is 2.64 bits per heavy atom. The Balaban J connectivity index is 1.94. The van der Waals surface area contributed by atoms with E-state index < -0.39 is 11.6 Å². The molecule has 22 heavy (non-hydrogen) atoms. The van der Waals surface area contributed by atoms with Crippen molar-refractivity contribution in [2.24, 2.45) is 5.92 Å². The Bertz CT molecular complexity index is 419. The molecular formula is C16H29N3O3. The Labute approximate surface area is 132 Å². The molecular weight excluding hydrogens is 282 g/mol. The monoisotopic (exact) mass is 311 g/mol. The Hall–Kier alpha value is -1.30. The molecule has 6 nitrogen and oxygen atoms in total. The summed E-state index contributed by atoms with van der Waals surface area (Å²) in [6.07, 6.45) is 2.11. The Kier molecular flexibility index (Phi) is 5.32. The largest absolute Gasteiger partial charge is 0.444 e. The van der Waals surface area contributed by atoms with Gasteiger partial charge < -0.3 is 15.4 Å². The van der Waals surface area contributed by atoms with Gasteiger partial charge in [-0.05, 0) is 59.0 Å². The van der Waals surface area contributed by atoms with Gasteiger partial charge in [0, 0.05) is 12.6 Å². The first-order valence-corrected chi connectivity index (χ1v) is 8.28. The fourth-order valence-electron chi connectivity index (χ4n) is 3.09. The SMILES string of the molecule is CC1CNCCC1NC(=O)C1CCCN1C(=O)OC(C)(C)C. The standard InChI is InChI=1S/C16H29N3O3/c1-11-10-17-8-7-12(11)18-14(20)13-6-5-9-19(13)15(21)22-16(2,3)4/h11-13,17H,5-10H2,1-4H3,(H,18,20). The summed E-state index contributed by atoms with van der Waals surface area (Å²) in [5.74, 6) is 0.371. The predicted molar refractivity (Wildman–Crippen MR) is 84.5 cm³/mol. The zero-order valence-electron chi connectivity index (χ0n) is 14.1. The molecule has 2 aliphatic rings. The number of nitrogens with one attached hydrogen (secondary N) is 2. The summed E-state index contributed by atoms with van der Waals surface area (Å²) in [6.45, 7) is 10.1. The van der Waals surface area contributed by atoms with Crippen LogP contribution in [0.2, 0.25) is 0 Å². The quantitative estimate of drug-likeness (QED) is 0.811. The molecule has 0 radical (unpaired) electrons. The van der Waals surface area contributed by atoms with E-state index >= 15 is 0 Å². The van der Waals surface area contributed by atoms with E-state index in [9.17, 15) is 9.59 Å². The van der Waals surface area contributed by atoms with E-state index in [2.05, 4.69) is 17.6 Å². The predicted octanol–water partition coefficient (Wildman–Crippen LogP) is 1.50. The summed E-state index contributed by atoms with van der Waals surface area (Å²) in [7, 11) is 0. The molecule has 3 unspecified atom stereocenters. The summed E-state index contributed by atoms with van der Waals surface area (Å²) in [5, 5.41) is 6.45. The van der Waals surface area contributed by atoms with E-state index in [0.717, 1.165) is 25.9 Å². The van der Waals surface area contributed by atoms with Gasteiger partial charge in [0.15, 0.2) is 0 Å². The van der Waals surface area contributed by atoms with E-state index in [4.69, 9.17) is 4.74 Å². The van der Waals surface area contributed by atoms with Crippen molar-refractivity contribution in [1.82, 2.24) is 15.5 Å². The molecule has 126 valence electrons. The topological polar surface area (TPSA) is 70.7 Å². The average Bonchev–Trinajstić information content (AvgIpc) is 2.89. The molecule has 3 atom stereocenters. The van der Waals surface area contributed by atoms with Gasteiger partial charge in [0.1, 0.15) is 11.6 Å². The minimum absolute atomic E-state index is 0.0397. The Morgan fingerprint density at radius 1 is 1.27 bits per heavy atom. The van der Waals surface area contributed by atoms with Crippen LogP contribution in [0.25, 0.3) is 0 Å². The van der Waals surface area contributed by atoms with Crippen LogP contribution >= 0.6 is 0 Å². The lowest BCUT2D eigenvalue weighted by Gasteiger charge is -2.33. The van der Waals surface area contributed by atoms with Crippen LogP contribution in [0.5, 0.6) is 0 Å². The van der Waals surface area contributed by atoms with Gasteiger partial charge in [-0.25, -0.2) is 4.79 Å². The second-order valence-corrected chi connectivity index (χ2v) is 7.42. The first kappa shape index (κ1) is 17.1. The normalized spacial score (nSPS) is 29.3. The number of carbonyl (C=O) groups is 2. The summed E-state index contributed by atoms with van der Waals surface area (Å²) < 4.78 is 5.41. The lowest BCUT2D eigenvalue weighted by molar-refractivity contribution is -0.126. The van der Waals surface area contributed by atoms with Crippen LogP contribution in [0, 0.1) is 5.92 Å². The highest BCUT2D eigenvalue weighted by Crippen LogP contribution is 2.22. The molecule has 0 aromatic carbocycles. The minimum atomic E-state index is -0.537. The second kappa shape index (κ2) is 6.86. The summed E-state index contributed by atoms with van der Waals surface area (Å²) in [6, 6.07) is -0.202. The van der Waals surface area contributed by atoms with Crippen molar-refractivity contribution in [3.8, 4) is 0 Å². The zero-order chi connectivity index (χ0) is 16.3. The molecule has 2 amide bonds. The third-order valence-corrected chi connectivity index (χ3v) is 4.30. The molecule has 0 spiro atoms. The molecule has 2 N–H and O–H groups in total. The number of nitrogens with zero attached hydrogens (tertiary/aromatic N) is 1. The molecule has 2 fully saturated rings. The molecule has 0 bridgehead atoms. The lowest BCUT2D eigenvalue weighted by atomic mass is 9.95. The van der Waals surface area contributed by atoms with E-state index in [0.29, 0.717) is 18.9 Å². The van der Waals surface area contributed by atoms with Crippen LogP contribution in [-0.2, 0) is 9.53 Å². The van der Waals surface area contributed by atoms with Gasteiger partial charge in [-0.3, -0.25) is 9.69 Å². The lowest BCUT2D eigenvalue weighted by Crippen LogP contribution is -2.54. The first-order valence-electron chi connectivity index (χ1n) is 8.28. The van der Waals surface area contributed by atoms with E-state index in [1.807, 2.05) is 20.8 Å². The third kappa shape index (κ3) is 4.35. The summed E-state index contributed by atoms with van der Waals surface area (Å²) in [5.41, 5.74) is -0.537. The highest BCUT2D eigenvalue weighted by molar-refractivity contribution is 5.86. The molecule has 0 aromatic heterocycles. The molecule has 2 heterocycles. The van der Waals surface area contributed by atoms with Crippen molar-refractivity contribution in [3.05, 3.63) is 0 Å². The van der Waals surface area contributed by atoms with Gasteiger partial charge in [0.25, 0.3) is 0 Å². The molecule has 6 heteroatoms. The van der Waals surface area contributed by atoms with Gasteiger partial charge in [-0.2, -0.15) is 0 Å². The number of hydrogen-bond donors (Lipinski definition) is 2. The fourth-order valence-corrected chi connectivity index (χ4v) is 3.09.